The average molecular weight is 335 g/mol. The molecule has 1 aromatic rings. The SMILES string of the molecule is O=C(C[C@@H]1CSc2nc3c(c(=O)n21)CCC3)NC[C@@H]1CCCO1. The Labute approximate surface area is 139 Å². The van der Waals surface area contributed by atoms with Crippen molar-refractivity contribution >= 4 is 17.7 Å². The van der Waals surface area contributed by atoms with E-state index < -0.39 is 0 Å². The van der Waals surface area contributed by atoms with E-state index in [1.165, 1.54) is 0 Å². The second-order valence-corrected chi connectivity index (χ2v) is 7.44. The number of aryl methyl sites for hydroxylation is 1. The molecule has 6 nitrogen and oxygen atoms in total. The van der Waals surface area contributed by atoms with Gasteiger partial charge in [0, 0.05) is 30.9 Å². The van der Waals surface area contributed by atoms with Crippen LogP contribution in [-0.2, 0) is 22.4 Å². The minimum Gasteiger partial charge on any atom is -0.376 e. The van der Waals surface area contributed by atoms with Gasteiger partial charge in [0.2, 0.25) is 5.91 Å². The molecule has 4 rings (SSSR count). The van der Waals surface area contributed by atoms with Crippen LogP contribution in [0.3, 0.4) is 0 Å². The van der Waals surface area contributed by atoms with Crippen molar-refractivity contribution in [2.45, 2.75) is 55.8 Å². The molecule has 0 saturated carbocycles. The second kappa shape index (κ2) is 6.28. The molecule has 0 bridgehead atoms. The highest BCUT2D eigenvalue weighted by Crippen LogP contribution is 2.33. The molecule has 0 spiro atoms. The third kappa shape index (κ3) is 2.92. The standard InChI is InChI=1S/C16H21N3O3S/c20-14(17-8-11-3-2-6-22-11)7-10-9-23-16-18-13-5-1-4-12(13)15(21)19(10)16/h10-11H,1-9H2,(H,17,20)/t10-,11+/m1/s1. The summed E-state index contributed by atoms with van der Waals surface area (Å²) < 4.78 is 7.27. The summed E-state index contributed by atoms with van der Waals surface area (Å²) in [6, 6.07) is -0.0783. The van der Waals surface area contributed by atoms with E-state index in [4.69, 9.17) is 4.74 Å². The van der Waals surface area contributed by atoms with Crippen molar-refractivity contribution in [2.75, 3.05) is 18.9 Å². The van der Waals surface area contributed by atoms with Crippen LogP contribution < -0.4 is 10.9 Å². The first-order valence-electron chi connectivity index (χ1n) is 8.38. The summed E-state index contributed by atoms with van der Waals surface area (Å²) in [6.07, 6.45) is 5.31. The van der Waals surface area contributed by atoms with Crippen LogP contribution in [0.5, 0.6) is 0 Å². The van der Waals surface area contributed by atoms with Crippen LogP contribution in [0, 0.1) is 0 Å². The topological polar surface area (TPSA) is 73.2 Å². The molecule has 1 aliphatic carbocycles. The first-order chi connectivity index (χ1) is 11.2. The van der Waals surface area contributed by atoms with Crippen molar-refractivity contribution in [1.82, 2.24) is 14.9 Å². The molecule has 0 aromatic carbocycles. The van der Waals surface area contributed by atoms with Crippen LogP contribution in [0.2, 0.25) is 0 Å². The van der Waals surface area contributed by atoms with Gasteiger partial charge in [-0.25, -0.2) is 4.98 Å². The molecule has 1 aromatic heterocycles. The van der Waals surface area contributed by atoms with Gasteiger partial charge in [0.25, 0.3) is 5.56 Å². The zero-order valence-electron chi connectivity index (χ0n) is 13.0. The Bertz CT molecular complexity index is 682. The smallest absolute Gasteiger partial charge is 0.257 e. The first kappa shape index (κ1) is 15.2. The second-order valence-electron chi connectivity index (χ2n) is 6.46. The number of carbonyl (C=O) groups excluding carboxylic acids is 1. The fraction of sp³-hybridized carbons (Fsp3) is 0.688. The fourth-order valence-electron chi connectivity index (χ4n) is 3.62. The molecule has 0 radical (unpaired) electrons. The zero-order chi connectivity index (χ0) is 15.8. The van der Waals surface area contributed by atoms with E-state index in [0.29, 0.717) is 13.0 Å². The number of thioether (sulfide) groups is 1. The monoisotopic (exact) mass is 335 g/mol. The maximum absolute atomic E-state index is 12.7. The lowest BCUT2D eigenvalue weighted by Gasteiger charge is -2.15. The summed E-state index contributed by atoms with van der Waals surface area (Å²) in [4.78, 5) is 29.5. The number of nitrogens with zero attached hydrogens (tertiary/aromatic N) is 2. The van der Waals surface area contributed by atoms with E-state index in [9.17, 15) is 9.59 Å². The number of hydrogen-bond donors (Lipinski definition) is 1. The third-order valence-corrected chi connectivity index (χ3v) is 5.94. The van der Waals surface area contributed by atoms with E-state index in [-0.39, 0.29) is 23.6 Å². The molecule has 2 atom stereocenters. The molecule has 1 saturated heterocycles. The van der Waals surface area contributed by atoms with Crippen molar-refractivity contribution < 1.29 is 9.53 Å². The van der Waals surface area contributed by atoms with Gasteiger partial charge >= 0.3 is 0 Å². The van der Waals surface area contributed by atoms with Gasteiger partial charge in [0.1, 0.15) is 0 Å². The lowest BCUT2D eigenvalue weighted by molar-refractivity contribution is -0.122. The Balaban J connectivity index is 1.44. The summed E-state index contributed by atoms with van der Waals surface area (Å²) in [7, 11) is 0. The van der Waals surface area contributed by atoms with Gasteiger partial charge < -0.3 is 10.1 Å². The first-order valence-corrected chi connectivity index (χ1v) is 9.36. The quantitative estimate of drug-likeness (QED) is 0.833. The number of carbonyl (C=O) groups is 1. The van der Waals surface area contributed by atoms with E-state index >= 15 is 0 Å². The minimum atomic E-state index is -0.0783. The lowest BCUT2D eigenvalue weighted by Crippen LogP contribution is -2.35. The number of fused-ring (bicyclic) bond motifs is 2. The van der Waals surface area contributed by atoms with Crippen molar-refractivity contribution in [1.29, 1.82) is 0 Å². The normalized spacial score (nSPS) is 25.4. The molecule has 1 amide bonds. The van der Waals surface area contributed by atoms with Gasteiger partial charge in [-0.05, 0) is 32.1 Å². The number of ether oxygens (including phenoxy) is 1. The maximum atomic E-state index is 12.7. The van der Waals surface area contributed by atoms with Gasteiger partial charge in [-0.1, -0.05) is 11.8 Å². The molecule has 124 valence electrons. The predicted molar refractivity (Wildman–Crippen MR) is 86.9 cm³/mol. The van der Waals surface area contributed by atoms with Gasteiger partial charge in [-0.2, -0.15) is 0 Å². The molecule has 7 heteroatoms. The van der Waals surface area contributed by atoms with E-state index in [0.717, 1.165) is 60.9 Å². The fourth-order valence-corrected chi connectivity index (χ4v) is 4.78. The Kier molecular flexibility index (Phi) is 4.15. The summed E-state index contributed by atoms with van der Waals surface area (Å²) in [5.41, 5.74) is 1.91. The van der Waals surface area contributed by atoms with Crippen molar-refractivity contribution in [3.63, 3.8) is 0 Å². The number of nitrogens with one attached hydrogen (secondary N) is 1. The number of hydrogen-bond acceptors (Lipinski definition) is 5. The highest BCUT2D eigenvalue weighted by Gasteiger charge is 2.31. The molecule has 1 fully saturated rings. The van der Waals surface area contributed by atoms with Crippen LogP contribution in [0.1, 0.15) is 43.0 Å². The van der Waals surface area contributed by atoms with Crippen LogP contribution in [0.4, 0.5) is 0 Å². The molecule has 3 aliphatic rings. The molecule has 23 heavy (non-hydrogen) atoms. The molecular formula is C16H21N3O3S. The Hall–Kier alpha value is -1.34. The maximum Gasteiger partial charge on any atom is 0.257 e. The zero-order valence-corrected chi connectivity index (χ0v) is 13.9. The lowest BCUT2D eigenvalue weighted by atomic mass is 10.2. The Morgan fingerprint density at radius 3 is 3.13 bits per heavy atom. The molecular weight excluding hydrogens is 314 g/mol. The largest absolute Gasteiger partial charge is 0.376 e. The summed E-state index contributed by atoms with van der Waals surface area (Å²) in [5, 5.41) is 3.73. The molecule has 3 heterocycles. The van der Waals surface area contributed by atoms with Crippen molar-refractivity contribution in [3.8, 4) is 0 Å². The number of rotatable bonds is 4. The summed E-state index contributed by atoms with van der Waals surface area (Å²) in [5.74, 6) is 0.740. The number of aromatic nitrogens is 2. The Morgan fingerprint density at radius 2 is 2.30 bits per heavy atom. The van der Waals surface area contributed by atoms with Gasteiger partial charge in [0.05, 0.1) is 17.8 Å². The van der Waals surface area contributed by atoms with Crippen LogP contribution in [-0.4, -0.2) is 40.5 Å². The average Bonchev–Trinajstić information content (AvgIpc) is 3.26. The third-order valence-electron chi connectivity index (χ3n) is 4.84. The summed E-state index contributed by atoms with van der Waals surface area (Å²) in [6.45, 7) is 1.36. The molecule has 0 unspecified atom stereocenters. The van der Waals surface area contributed by atoms with Crippen LogP contribution in [0.25, 0.3) is 0 Å². The van der Waals surface area contributed by atoms with Gasteiger partial charge in [0.15, 0.2) is 5.16 Å². The van der Waals surface area contributed by atoms with E-state index in [1.807, 2.05) is 0 Å². The Morgan fingerprint density at radius 1 is 1.39 bits per heavy atom. The molecule has 1 N–H and O–H groups in total. The van der Waals surface area contributed by atoms with Crippen molar-refractivity contribution in [2.24, 2.45) is 0 Å². The van der Waals surface area contributed by atoms with E-state index in [2.05, 4.69) is 10.3 Å². The van der Waals surface area contributed by atoms with Crippen LogP contribution in [0.15, 0.2) is 9.95 Å². The predicted octanol–water partition coefficient (Wildman–Crippen LogP) is 1.06. The van der Waals surface area contributed by atoms with Gasteiger partial charge in [-0.3, -0.25) is 14.2 Å². The van der Waals surface area contributed by atoms with Crippen LogP contribution >= 0.6 is 11.8 Å². The summed E-state index contributed by atoms with van der Waals surface area (Å²) >= 11 is 1.59. The van der Waals surface area contributed by atoms with Gasteiger partial charge in [-0.15, -0.1) is 0 Å². The number of amides is 1. The van der Waals surface area contributed by atoms with E-state index in [1.54, 1.807) is 16.3 Å². The highest BCUT2D eigenvalue weighted by atomic mass is 32.2. The molecule has 2 aliphatic heterocycles. The highest BCUT2D eigenvalue weighted by molar-refractivity contribution is 7.99. The minimum absolute atomic E-state index is 0.00801. The van der Waals surface area contributed by atoms with Crippen molar-refractivity contribution in [3.05, 3.63) is 21.6 Å².